The molecule has 3 aliphatic heterocycles. The number of hydrogen-bond donors (Lipinski definition) is 0. The summed E-state index contributed by atoms with van der Waals surface area (Å²) in [7, 11) is -2.12. The minimum absolute atomic E-state index is 0.196. The van der Waals surface area contributed by atoms with Gasteiger partial charge in [-0.2, -0.15) is 9.29 Å². The summed E-state index contributed by atoms with van der Waals surface area (Å²) in [4.78, 5) is 19.0. The molecule has 0 radical (unpaired) electrons. The summed E-state index contributed by atoms with van der Waals surface area (Å²) in [6, 6.07) is 5.39. The quantitative estimate of drug-likeness (QED) is 0.367. The lowest BCUT2D eigenvalue weighted by molar-refractivity contribution is 0.218. The predicted molar refractivity (Wildman–Crippen MR) is 159 cm³/mol. The van der Waals surface area contributed by atoms with Crippen LogP contribution in [0.3, 0.4) is 0 Å². The summed E-state index contributed by atoms with van der Waals surface area (Å²) >= 11 is 0. The SMILES string of the molecule is COc1cc(C)c(S(=O)(=O)N2CCC[C@H]2COc2nccc(N3CCn4cc(CN5CCCCC5)nc4C3)n2)c(C)c1. The zero-order valence-electron chi connectivity index (χ0n) is 24.8. The number of piperidine rings is 1. The van der Waals surface area contributed by atoms with E-state index < -0.39 is 10.0 Å². The lowest BCUT2D eigenvalue weighted by Gasteiger charge is -2.28. The highest BCUT2D eigenvalue weighted by Crippen LogP contribution is 2.32. The van der Waals surface area contributed by atoms with Gasteiger partial charge >= 0.3 is 6.01 Å². The number of sulfonamides is 1. The van der Waals surface area contributed by atoms with Crippen LogP contribution in [0.25, 0.3) is 0 Å². The molecular formula is C30H41N7O4S. The molecule has 12 heteroatoms. The van der Waals surface area contributed by atoms with Gasteiger partial charge in [0.2, 0.25) is 10.0 Å². The molecule has 3 aromatic rings. The van der Waals surface area contributed by atoms with Gasteiger partial charge in [-0.3, -0.25) is 4.90 Å². The van der Waals surface area contributed by atoms with Gasteiger partial charge in [-0.05, 0) is 81.9 Å². The van der Waals surface area contributed by atoms with E-state index in [-0.39, 0.29) is 18.7 Å². The van der Waals surface area contributed by atoms with Crippen molar-refractivity contribution in [2.75, 3.05) is 44.8 Å². The Labute approximate surface area is 248 Å². The molecule has 0 aliphatic carbocycles. The van der Waals surface area contributed by atoms with Crippen LogP contribution in [0.4, 0.5) is 5.82 Å². The number of imidazole rings is 1. The summed E-state index contributed by atoms with van der Waals surface area (Å²) in [5.74, 6) is 2.48. The fourth-order valence-corrected chi connectivity index (χ4v) is 8.62. The highest BCUT2D eigenvalue weighted by molar-refractivity contribution is 7.89. The highest BCUT2D eigenvalue weighted by atomic mass is 32.2. The normalized spacial score (nSPS) is 20.1. The number of methoxy groups -OCH3 is 1. The van der Waals surface area contributed by atoms with Gasteiger partial charge in [-0.1, -0.05) is 6.42 Å². The fraction of sp³-hybridized carbons (Fsp3) is 0.567. The van der Waals surface area contributed by atoms with Gasteiger partial charge in [0.25, 0.3) is 0 Å². The smallest absolute Gasteiger partial charge is 0.318 e. The Bertz CT molecular complexity index is 1500. The zero-order valence-corrected chi connectivity index (χ0v) is 25.6. The third-order valence-corrected chi connectivity index (χ3v) is 10.9. The largest absolute Gasteiger partial charge is 0.497 e. The van der Waals surface area contributed by atoms with Crippen molar-refractivity contribution in [3.8, 4) is 11.8 Å². The van der Waals surface area contributed by atoms with Crippen molar-refractivity contribution in [1.29, 1.82) is 0 Å². The van der Waals surface area contributed by atoms with Gasteiger partial charge in [0, 0.05) is 38.6 Å². The summed E-state index contributed by atoms with van der Waals surface area (Å²) in [6.07, 6.45) is 9.28. The molecule has 226 valence electrons. The van der Waals surface area contributed by atoms with Crippen LogP contribution in [0.1, 0.15) is 54.7 Å². The third kappa shape index (κ3) is 5.97. The van der Waals surface area contributed by atoms with Crippen molar-refractivity contribution >= 4 is 15.8 Å². The third-order valence-electron chi connectivity index (χ3n) is 8.59. The number of nitrogens with zero attached hydrogens (tertiary/aromatic N) is 7. The topological polar surface area (TPSA) is 106 Å². The van der Waals surface area contributed by atoms with Crippen molar-refractivity contribution in [3.05, 3.63) is 53.2 Å². The molecule has 0 saturated carbocycles. The Balaban J connectivity index is 1.10. The van der Waals surface area contributed by atoms with Crippen molar-refractivity contribution in [2.45, 2.75) is 76.5 Å². The molecule has 2 saturated heterocycles. The van der Waals surface area contributed by atoms with Crippen molar-refractivity contribution in [2.24, 2.45) is 0 Å². The van der Waals surface area contributed by atoms with Gasteiger partial charge in [-0.15, -0.1) is 0 Å². The van der Waals surface area contributed by atoms with E-state index in [0.717, 1.165) is 62.9 Å². The average Bonchev–Trinajstić information content (AvgIpc) is 3.63. The van der Waals surface area contributed by atoms with Crippen LogP contribution >= 0.6 is 0 Å². The maximum atomic E-state index is 13.8. The Morgan fingerprint density at radius 2 is 1.76 bits per heavy atom. The van der Waals surface area contributed by atoms with E-state index in [0.29, 0.717) is 34.9 Å². The second-order valence-electron chi connectivity index (χ2n) is 11.6. The van der Waals surface area contributed by atoms with Gasteiger partial charge in [-0.25, -0.2) is 18.4 Å². The van der Waals surface area contributed by atoms with Crippen molar-refractivity contribution in [3.63, 3.8) is 0 Å². The van der Waals surface area contributed by atoms with E-state index in [1.165, 1.54) is 19.3 Å². The number of ether oxygens (including phenoxy) is 2. The first-order valence-electron chi connectivity index (χ1n) is 15.0. The molecule has 3 aliphatic rings. The Morgan fingerprint density at radius 3 is 2.52 bits per heavy atom. The first-order valence-corrected chi connectivity index (χ1v) is 16.4. The van der Waals surface area contributed by atoms with E-state index in [1.807, 2.05) is 19.9 Å². The minimum atomic E-state index is -3.70. The first kappa shape index (κ1) is 28.9. The highest BCUT2D eigenvalue weighted by Gasteiger charge is 2.37. The molecule has 6 rings (SSSR count). The van der Waals surface area contributed by atoms with Crippen LogP contribution < -0.4 is 14.4 Å². The van der Waals surface area contributed by atoms with E-state index >= 15 is 0 Å². The molecule has 1 aromatic carbocycles. The van der Waals surface area contributed by atoms with Gasteiger partial charge < -0.3 is 18.9 Å². The second-order valence-corrected chi connectivity index (χ2v) is 13.4. The molecule has 0 spiro atoms. The van der Waals surface area contributed by atoms with E-state index in [1.54, 1.807) is 29.7 Å². The Hall–Kier alpha value is -3.22. The molecule has 5 heterocycles. The fourth-order valence-electron chi connectivity index (χ4n) is 6.52. The molecule has 2 aromatic heterocycles. The summed E-state index contributed by atoms with van der Waals surface area (Å²) in [5, 5.41) is 0. The molecule has 1 atom stereocenters. The van der Waals surface area contributed by atoms with Crippen LogP contribution in [-0.2, 0) is 29.7 Å². The maximum Gasteiger partial charge on any atom is 0.318 e. The van der Waals surface area contributed by atoms with Crippen molar-refractivity contribution < 1.29 is 17.9 Å². The predicted octanol–water partition coefficient (Wildman–Crippen LogP) is 3.54. The van der Waals surface area contributed by atoms with E-state index in [2.05, 4.69) is 30.5 Å². The molecular weight excluding hydrogens is 554 g/mol. The summed E-state index contributed by atoms with van der Waals surface area (Å²) in [6.45, 7) is 9.84. The summed E-state index contributed by atoms with van der Waals surface area (Å²) in [5.41, 5.74) is 2.49. The maximum absolute atomic E-state index is 13.8. The van der Waals surface area contributed by atoms with Crippen LogP contribution in [0.2, 0.25) is 0 Å². The van der Waals surface area contributed by atoms with Gasteiger partial charge in [0.15, 0.2) is 0 Å². The number of rotatable bonds is 9. The average molecular weight is 596 g/mol. The molecule has 11 nitrogen and oxygen atoms in total. The second kappa shape index (κ2) is 12.2. The van der Waals surface area contributed by atoms with Gasteiger partial charge in [0.1, 0.15) is 24.0 Å². The van der Waals surface area contributed by atoms with Crippen molar-refractivity contribution in [1.82, 2.24) is 28.7 Å². The van der Waals surface area contributed by atoms with E-state index in [9.17, 15) is 8.42 Å². The zero-order chi connectivity index (χ0) is 29.3. The molecule has 0 unspecified atom stereocenters. The number of fused-ring (bicyclic) bond motifs is 1. The Morgan fingerprint density at radius 1 is 0.976 bits per heavy atom. The van der Waals surface area contributed by atoms with Crippen LogP contribution in [0, 0.1) is 13.8 Å². The molecule has 0 N–H and O–H groups in total. The van der Waals surface area contributed by atoms with Crippen LogP contribution in [0.5, 0.6) is 11.8 Å². The number of likely N-dealkylation sites (tertiary alicyclic amines) is 1. The van der Waals surface area contributed by atoms with Gasteiger partial charge in [0.05, 0.1) is 30.3 Å². The molecule has 2 fully saturated rings. The lowest BCUT2D eigenvalue weighted by atomic mass is 10.1. The van der Waals surface area contributed by atoms with E-state index in [4.69, 9.17) is 14.5 Å². The monoisotopic (exact) mass is 595 g/mol. The molecule has 0 amide bonds. The minimum Gasteiger partial charge on any atom is -0.497 e. The standard InChI is InChI=1S/C30H41N7O4S/c1-22-16-26(40-3)17-23(2)29(22)42(38,39)37-13-7-8-25(37)21-41-30-31-10-9-27(33-30)36-15-14-35-19-24(32-28(35)20-36)18-34-11-5-4-6-12-34/h9-10,16-17,19,25H,4-8,11-15,18,20-21H2,1-3H3/t25-/m0/s1. The number of aromatic nitrogens is 4. The molecule has 0 bridgehead atoms. The molecule has 42 heavy (non-hydrogen) atoms. The Kier molecular flexibility index (Phi) is 8.37. The van der Waals surface area contributed by atoms with Crippen LogP contribution in [0.15, 0.2) is 35.5 Å². The number of benzene rings is 1. The van der Waals surface area contributed by atoms with Crippen LogP contribution in [-0.4, -0.2) is 83.1 Å². The number of anilines is 1. The summed E-state index contributed by atoms with van der Waals surface area (Å²) < 4.78 is 42.7. The lowest BCUT2D eigenvalue weighted by Crippen LogP contribution is -2.39. The number of aryl methyl sites for hydroxylation is 2. The number of hydrogen-bond acceptors (Lipinski definition) is 9. The first-order chi connectivity index (χ1) is 20.3.